The van der Waals surface area contributed by atoms with Gasteiger partial charge in [-0.15, -0.1) is 0 Å². The fourth-order valence-electron chi connectivity index (χ4n) is 1.85. The van der Waals surface area contributed by atoms with E-state index in [2.05, 4.69) is 20.7 Å². The van der Waals surface area contributed by atoms with Crippen molar-refractivity contribution in [2.45, 2.75) is 18.9 Å². The van der Waals surface area contributed by atoms with Crippen molar-refractivity contribution in [1.29, 1.82) is 0 Å². The quantitative estimate of drug-likeness (QED) is 0.860. The van der Waals surface area contributed by atoms with E-state index < -0.39 is 6.04 Å². The molecule has 1 aliphatic heterocycles. The van der Waals surface area contributed by atoms with Gasteiger partial charge in [0, 0.05) is 12.5 Å². The predicted molar refractivity (Wildman–Crippen MR) is 73.3 cm³/mol. The van der Waals surface area contributed by atoms with Gasteiger partial charge in [-0.2, -0.15) is 0 Å². The Balaban J connectivity index is 2.25. The Morgan fingerprint density at radius 1 is 1.47 bits per heavy atom. The Morgan fingerprint density at radius 2 is 2.21 bits per heavy atom. The Kier molecular flexibility index (Phi) is 4.66. The van der Waals surface area contributed by atoms with Crippen molar-refractivity contribution in [1.82, 2.24) is 0 Å². The van der Waals surface area contributed by atoms with Gasteiger partial charge in [0.1, 0.15) is 0 Å². The second-order valence-corrected chi connectivity index (χ2v) is 5.12. The van der Waals surface area contributed by atoms with Gasteiger partial charge in [0.25, 0.3) is 0 Å². The average Bonchev–Trinajstić information content (AvgIpc) is 2.63. The number of carbonyl (C=O) groups excluding carboxylic acids is 1. The molecule has 0 radical (unpaired) electrons. The van der Waals surface area contributed by atoms with Crippen LogP contribution in [0.15, 0.2) is 16.6 Å². The molecule has 104 valence electrons. The molecular weight excluding hydrogens is 314 g/mol. The normalized spacial score (nSPS) is 15.5. The SMILES string of the molecule is COC(=O)C[C@H](N)c1cc(Br)c2c(c1)OCCCO2. The summed E-state index contributed by atoms with van der Waals surface area (Å²) >= 11 is 3.44. The van der Waals surface area contributed by atoms with Crippen molar-refractivity contribution in [3.63, 3.8) is 0 Å². The Bertz CT molecular complexity index is 478. The molecule has 0 bridgehead atoms. The third-order valence-corrected chi connectivity index (χ3v) is 3.46. The van der Waals surface area contributed by atoms with Gasteiger partial charge in [-0.3, -0.25) is 4.79 Å². The van der Waals surface area contributed by atoms with Crippen LogP contribution in [0.25, 0.3) is 0 Å². The molecule has 0 spiro atoms. The molecular formula is C13H16BrNO4. The Morgan fingerprint density at radius 3 is 2.95 bits per heavy atom. The van der Waals surface area contributed by atoms with Crippen LogP contribution in [0, 0.1) is 0 Å². The second kappa shape index (κ2) is 6.25. The van der Waals surface area contributed by atoms with Crippen molar-refractivity contribution in [2.24, 2.45) is 5.73 Å². The number of halogens is 1. The maximum Gasteiger partial charge on any atom is 0.307 e. The van der Waals surface area contributed by atoms with Gasteiger partial charge in [0.2, 0.25) is 0 Å². The van der Waals surface area contributed by atoms with Crippen molar-refractivity contribution in [3.8, 4) is 11.5 Å². The third kappa shape index (κ3) is 3.39. The first-order valence-electron chi connectivity index (χ1n) is 6.03. The molecule has 1 aromatic rings. The van der Waals surface area contributed by atoms with E-state index in [9.17, 15) is 4.79 Å². The first kappa shape index (κ1) is 14.1. The van der Waals surface area contributed by atoms with Gasteiger partial charge >= 0.3 is 5.97 Å². The van der Waals surface area contributed by atoms with E-state index in [1.54, 1.807) is 0 Å². The van der Waals surface area contributed by atoms with E-state index in [0.717, 1.165) is 16.5 Å². The molecule has 6 heteroatoms. The zero-order chi connectivity index (χ0) is 13.8. The molecule has 1 heterocycles. The highest BCUT2D eigenvalue weighted by Crippen LogP contribution is 2.39. The number of carbonyl (C=O) groups is 1. The van der Waals surface area contributed by atoms with Crippen LogP contribution in [0.2, 0.25) is 0 Å². The van der Waals surface area contributed by atoms with Crippen molar-refractivity contribution < 1.29 is 19.0 Å². The predicted octanol–water partition coefficient (Wildman–Crippen LogP) is 2.17. The highest BCUT2D eigenvalue weighted by Gasteiger charge is 2.19. The molecule has 19 heavy (non-hydrogen) atoms. The number of esters is 1. The minimum atomic E-state index is -0.430. The minimum absolute atomic E-state index is 0.128. The van der Waals surface area contributed by atoms with Crippen LogP contribution >= 0.6 is 15.9 Å². The summed E-state index contributed by atoms with van der Waals surface area (Å²) < 4.78 is 16.6. The van der Waals surface area contributed by atoms with Gasteiger partial charge < -0.3 is 19.9 Å². The zero-order valence-electron chi connectivity index (χ0n) is 10.6. The molecule has 1 atom stereocenters. The Labute approximate surface area is 120 Å². The molecule has 0 unspecified atom stereocenters. The number of hydrogen-bond donors (Lipinski definition) is 1. The lowest BCUT2D eigenvalue weighted by Crippen LogP contribution is -2.16. The van der Waals surface area contributed by atoms with Gasteiger partial charge in [0.05, 0.1) is 31.2 Å². The molecule has 0 aromatic heterocycles. The summed E-state index contributed by atoms with van der Waals surface area (Å²) in [4.78, 5) is 11.3. The number of rotatable bonds is 3. The van der Waals surface area contributed by atoms with E-state index in [1.165, 1.54) is 7.11 Å². The van der Waals surface area contributed by atoms with Gasteiger partial charge in [-0.1, -0.05) is 0 Å². The number of methoxy groups -OCH3 is 1. The molecule has 0 saturated heterocycles. The fourth-order valence-corrected chi connectivity index (χ4v) is 2.42. The summed E-state index contributed by atoms with van der Waals surface area (Å²) in [5, 5.41) is 0. The second-order valence-electron chi connectivity index (χ2n) is 4.27. The molecule has 2 N–H and O–H groups in total. The molecule has 1 aromatic carbocycles. The molecule has 0 fully saturated rings. The lowest BCUT2D eigenvalue weighted by Gasteiger charge is -2.15. The summed E-state index contributed by atoms with van der Waals surface area (Å²) in [5.41, 5.74) is 6.80. The van der Waals surface area contributed by atoms with Crippen molar-refractivity contribution in [3.05, 3.63) is 22.2 Å². The van der Waals surface area contributed by atoms with Gasteiger partial charge in [-0.25, -0.2) is 0 Å². The minimum Gasteiger partial charge on any atom is -0.490 e. The molecule has 0 aliphatic carbocycles. The number of hydrogen-bond acceptors (Lipinski definition) is 5. The summed E-state index contributed by atoms with van der Waals surface area (Å²) in [5.74, 6) is 1.00. The first-order valence-corrected chi connectivity index (χ1v) is 6.82. The highest BCUT2D eigenvalue weighted by atomic mass is 79.9. The Hall–Kier alpha value is -1.27. The standard InChI is InChI=1S/C13H16BrNO4/c1-17-12(16)7-10(15)8-5-9(14)13-11(6-8)18-3-2-4-19-13/h5-6,10H,2-4,7,15H2,1H3/t10-/m0/s1. The lowest BCUT2D eigenvalue weighted by atomic mass is 10.0. The number of ether oxygens (including phenoxy) is 3. The lowest BCUT2D eigenvalue weighted by molar-refractivity contribution is -0.141. The largest absolute Gasteiger partial charge is 0.490 e. The van der Waals surface area contributed by atoms with Crippen LogP contribution in [0.1, 0.15) is 24.4 Å². The summed E-state index contributed by atoms with van der Waals surface area (Å²) in [6.45, 7) is 1.23. The number of benzene rings is 1. The number of fused-ring (bicyclic) bond motifs is 1. The number of nitrogens with two attached hydrogens (primary N) is 1. The van der Waals surface area contributed by atoms with E-state index in [4.69, 9.17) is 15.2 Å². The smallest absolute Gasteiger partial charge is 0.307 e. The van der Waals surface area contributed by atoms with Crippen LogP contribution in [0.5, 0.6) is 11.5 Å². The highest BCUT2D eigenvalue weighted by molar-refractivity contribution is 9.10. The van der Waals surface area contributed by atoms with Crippen LogP contribution in [0.3, 0.4) is 0 Å². The molecule has 1 aliphatic rings. The van der Waals surface area contributed by atoms with Crippen LogP contribution in [-0.4, -0.2) is 26.3 Å². The topological polar surface area (TPSA) is 70.8 Å². The zero-order valence-corrected chi connectivity index (χ0v) is 12.2. The molecule has 0 amide bonds. The molecule has 5 nitrogen and oxygen atoms in total. The van der Waals surface area contributed by atoms with Gasteiger partial charge in [0.15, 0.2) is 11.5 Å². The monoisotopic (exact) mass is 329 g/mol. The third-order valence-electron chi connectivity index (χ3n) is 2.87. The van der Waals surface area contributed by atoms with E-state index in [1.807, 2.05) is 12.1 Å². The molecule has 0 saturated carbocycles. The fraction of sp³-hybridized carbons (Fsp3) is 0.462. The maximum absolute atomic E-state index is 11.3. The van der Waals surface area contributed by atoms with E-state index in [-0.39, 0.29) is 12.4 Å². The van der Waals surface area contributed by atoms with E-state index in [0.29, 0.717) is 24.7 Å². The van der Waals surface area contributed by atoms with Crippen molar-refractivity contribution >= 4 is 21.9 Å². The maximum atomic E-state index is 11.3. The molecule has 2 rings (SSSR count). The van der Waals surface area contributed by atoms with E-state index >= 15 is 0 Å². The van der Waals surface area contributed by atoms with Crippen LogP contribution < -0.4 is 15.2 Å². The summed E-state index contributed by atoms with van der Waals surface area (Å²) in [7, 11) is 1.35. The van der Waals surface area contributed by atoms with Crippen molar-refractivity contribution in [2.75, 3.05) is 20.3 Å². The summed E-state index contributed by atoms with van der Waals surface area (Å²) in [6, 6.07) is 3.24. The summed E-state index contributed by atoms with van der Waals surface area (Å²) in [6.07, 6.45) is 0.966. The first-order chi connectivity index (χ1) is 9.11. The van der Waals surface area contributed by atoms with Crippen LogP contribution in [-0.2, 0) is 9.53 Å². The average molecular weight is 330 g/mol. The van der Waals surface area contributed by atoms with Crippen LogP contribution in [0.4, 0.5) is 0 Å². The van der Waals surface area contributed by atoms with Gasteiger partial charge in [-0.05, 0) is 33.6 Å².